The molecular weight excluding hydrogens is 222 g/mol. The summed E-state index contributed by atoms with van der Waals surface area (Å²) >= 11 is 3.75. The molecule has 1 heterocycles. The fraction of sp³-hybridized carbons (Fsp3) is 0. The summed E-state index contributed by atoms with van der Waals surface area (Å²) in [6.45, 7) is 0. The van der Waals surface area contributed by atoms with Crippen LogP contribution < -0.4 is 0 Å². The Kier molecular flexibility index (Phi) is 2.50. The third-order valence-electron chi connectivity index (χ3n) is 1.83. The molecule has 0 fully saturated rings. The fourth-order valence-electron chi connectivity index (χ4n) is 1.19. The van der Waals surface area contributed by atoms with Crippen LogP contribution in [-0.4, -0.2) is 13.7 Å². The second kappa shape index (κ2) is 3.65. The Bertz CT molecular complexity index is 515. The van der Waals surface area contributed by atoms with Crippen molar-refractivity contribution < 1.29 is 8.76 Å². The average molecular weight is 228 g/mol. The van der Waals surface area contributed by atoms with Gasteiger partial charge in [-0.1, -0.05) is 11.6 Å². The first-order chi connectivity index (χ1) is 6.66. The minimum atomic E-state index is -1.95. The van der Waals surface area contributed by atoms with Gasteiger partial charge in [0.15, 0.2) is 11.1 Å². The quantitative estimate of drug-likeness (QED) is 0.602. The highest BCUT2D eigenvalue weighted by atomic mass is 35.5. The third-order valence-corrected chi connectivity index (χ3v) is 2.70. The lowest BCUT2D eigenvalue weighted by Crippen LogP contribution is -1.88. The molecule has 5 heteroatoms. The molecule has 0 amide bonds. The van der Waals surface area contributed by atoms with E-state index < -0.39 is 11.1 Å². The van der Waals surface area contributed by atoms with Gasteiger partial charge in [-0.15, -0.1) is 0 Å². The predicted octanol–water partition coefficient (Wildman–Crippen LogP) is 2.47. The van der Waals surface area contributed by atoms with E-state index in [1.165, 1.54) is 0 Å². The van der Waals surface area contributed by atoms with Crippen LogP contribution in [0.25, 0.3) is 10.9 Å². The Hall–Kier alpha value is -0.970. The first kappa shape index (κ1) is 9.58. The Morgan fingerprint density at radius 3 is 2.79 bits per heavy atom. The van der Waals surface area contributed by atoms with Crippen molar-refractivity contribution in [3.63, 3.8) is 0 Å². The number of fused-ring (bicyclic) bond motifs is 1. The summed E-state index contributed by atoms with van der Waals surface area (Å²) in [6.07, 6.45) is 0. The van der Waals surface area contributed by atoms with Gasteiger partial charge in [-0.05, 0) is 30.3 Å². The molecule has 1 aromatic heterocycles. The van der Waals surface area contributed by atoms with Crippen LogP contribution >= 0.6 is 11.6 Å². The highest BCUT2D eigenvalue weighted by Crippen LogP contribution is 2.18. The highest BCUT2D eigenvalue weighted by Gasteiger charge is 2.02. The molecule has 1 atom stereocenters. The first-order valence-electron chi connectivity index (χ1n) is 3.84. The lowest BCUT2D eigenvalue weighted by molar-refractivity contribution is 0.564. The van der Waals surface area contributed by atoms with Crippen molar-refractivity contribution >= 4 is 33.6 Å². The molecule has 0 aliphatic heterocycles. The second-order valence-corrected chi connectivity index (χ2v) is 4.09. The fourth-order valence-corrected chi connectivity index (χ4v) is 1.75. The number of benzene rings is 1. The number of rotatable bonds is 1. The van der Waals surface area contributed by atoms with E-state index in [0.29, 0.717) is 15.6 Å². The first-order valence-corrected chi connectivity index (χ1v) is 5.32. The van der Waals surface area contributed by atoms with Gasteiger partial charge < -0.3 is 4.55 Å². The van der Waals surface area contributed by atoms with E-state index in [1.54, 1.807) is 30.3 Å². The summed E-state index contributed by atoms with van der Waals surface area (Å²) in [7, 11) is 0. The topological polar surface area (TPSA) is 50.2 Å². The molecule has 0 radical (unpaired) electrons. The molecule has 14 heavy (non-hydrogen) atoms. The summed E-state index contributed by atoms with van der Waals surface area (Å²) in [5.41, 5.74) is 0.715. The van der Waals surface area contributed by atoms with Gasteiger partial charge in [0.05, 0.1) is 10.4 Å². The van der Waals surface area contributed by atoms with E-state index in [4.69, 9.17) is 16.2 Å². The second-order valence-electron chi connectivity index (χ2n) is 2.74. The van der Waals surface area contributed by atoms with E-state index >= 15 is 0 Å². The summed E-state index contributed by atoms with van der Waals surface area (Å²) in [4.78, 5) is 4.42. The van der Waals surface area contributed by atoms with E-state index in [9.17, 15) is 4.21 Å². The standard InChI is InChI=1S/C9H6ClNO2S/c10-9-4-1-6-5-7(14(12)13)2-3-8(6)11-9/h1-5H,(H,12,13). The minimum absolute atomic E-state index is 0.363. The Balaban J connectivity index is 2.67. The van der Waals surface area contributed by atoms with Crippen molar-refractivity contribution in [1.29, 1.82) is 0 Å². The van der Waals surface area contributed by atoms with Crippen LogP contribution in [0.5, 0.6) is 0 Å². The van der Waals surface area contributed by atoms with Gasteiger partial charge in [0.25, 0.3) is 0 Å². The van der Waals surface area contributed by atoms with E-state index in [1.807, 2.05) is 0 Å². The summed E-state index contributed by atoms with van der Waals surface area (Å²) < 4.78 is 19.6. The van der Waals surface area contributed by atoms with Gasteiger partial charge >= 0.3 is 0 Å². The third kappa shape index (κ3) is 1.77. The van der Waals surface area contributed by atoms with Crippen LogP contribution in [0.15, 0.2) is 35.2 Å². The zero-order valence-corrected chi connectivity index (χ0v) is 8.55. The van der Waals surface area contributed by atoms with Crippen LogP contribution in [0, 0.1) is 0 Å². The molecule has 72 valence electrons. The van der Waals surface area contributed by atoms with Crippen LogP contribution in [0.1, 0.15) is 0 Å². The van der Waals surface area contributed by atoms with Crippen LogP contribution in [0.4, 0.5) is 0 Å². The maximum absolute atomic E-state index is 10.8. The summed E-state index contributed by atoms with van der Waals surface area (Å²) in [6, 6.07) is 8.26. The molecule has 3 nitrogen and oxygen atoms in total. The van der Waals surface area contributed by atoms with Crippen molar-refractivity contribution in [2.75, 3.05) is 0 Å². The molecule has 1 aromatic carbocycles. The lowest BCUT2D eigenvalue weighted by atomic mass is 10.2. The SMILES string of the molecule is O=S(O)c1ccc2nc(Cl)ccc2c1. The normalized spacial score (nSPS) is 13.0. The van der Waals surface area contributed by atoms with Crippen LogP contribution in [0.2, 0.25) is 5.15 Å². The lowest BCUT2D eigenvalue weighted by Gasteiger charge is -1.99. The molecule has 0 spiro atoms. The predicted molar refractivity (Wildman–Crippen MR) is 55.8 cm³/mol. The zero-order valence-electron chi connectivity index (χ0n) is 6.98. The van der Waals surface area contributed by atoms with Gasteiger partial charge in [-0.2, -0.15) is 0 Å². The number of hydrogen-bond donors (Lipinski definition) is 1. The van der Waals surface area contributed by atoms with Gasteiger partial charge in [0, 0.05) is 5.39 Å². The molecule has 0 saturated carbocycles. The molecule has 2 rings (SSSR count). The van der Waals surface area contributed by atoms with Crippen LogP contribution in [-0.2, 0) is 11.1 Å². The minimum Gasteiger partial charge on any atom is -0.302 e. The maximum atomic E-state index is 10.8. The molecule has 1 N–H and O–H groups in total. The molecule has 0 aliphatic carbocycles. The number of hydrogen-bond acceptors (Lipinski definition) is 2. The average Bonchev–Trinajstić information content (AvgIpc) is 2.16. The molecule has 0 bridgehead atoms. The highest BCUT2D eigenvalue weighted by molar-refractivity contribution is 7.79. The molecule has 1 unspecified atom stereocenters. The summed E-state index contributed by atoms with van der Waals surface area (Å²) in [5.74, 6) is 0. The van der Waals surface area contributed by atoms with Gasteiger partial charge in [0.1, 0.15) is 5.15 Å². The van der Waals surface area contributed by atoms with Crippen molar-refractivity contribution in [3.05, 3.63) is 35.5 Å². The van der Waals surface area contributed by atoms with Gasteiger partial charge in [0.2, 0.25) is 0 Å². The number of halogens is 1. The molecule has 2 aromatic rings. The summed E-state index contributed by atoms with van der Waals surface area (Å²) in [5, 5.41) is 1.21. The van der Waals surface area contributed by atoms with Crippen molar-refractivity contribution in [2.45, 2.75) is 4.90 Å². The Morgan fingerprint density at radius 1 is 1.29 bits per heavy atom. The van der Waals surface area contributed by atoms with E-state index in [2.05, 4.69) is 4.98 Å². The number of nitrogens with zero attached hydrogens (tertiary/aromatic N) is 1. The molecule has 0 saturated heterocycles. The largest absolute Gasteiger partial charge is 0.302 e. The van der Waals surface area contributed by atoms with Crippen molar-refractivity contribution in [1.82, 2.24) is 4.98 Å². The Morgan fingerprint density at radius 2 is 2.07 bits per heavy atom. The monoisotopic (exact) mass is 227 g/mol. The molecular formula is C9H6ClNO2S. The van der Waals surface area contributed by atoms with Crippen molar-refractivity contribution in [2.24, 2.45) is 0 Å². The maximum Gasteiger partial charge on any atom is 0.186 e. The molecule has 0 aliphatic rings. The van der Waals surface area contributed by atoms with Gasteiger partial charge in [-0.25, -0.2) is 9.19 Å². The van der Waals surface area contributed by atoms with E-state index in [0.717, 1.165) is 5.39 Å². The van der Waals surface area contributed by atoms with Crippen LogP contribution in [0.3, 0.4) is 0 Å². The van der Waals surface area contributed by atoms with Gasteiger partial charge in [-0.3, -0.25) is 0 Å². The van der Waals surface area contributed by atoms with E-state index in [-0.39, 0.29) is 0 Å². The zero-order chi connectivity index (χ0) is 10.1. The smallest absolute Gasteiger partial charge is 0.186 e. The number of pyridine rings is 1. The van der Waals surface area contributed by atoms with Crippen molar-refractivity contribution in [3.8, 4) is 0 Å². The Labute approximate surface area is 88.0 Å². The number of aromatic nitrogens is 1.